The van der Waals surface area contributed by atoms with Crippen LogP contribution >= 0.6 is 0 Å². The van der Waals surface area contributed by atoms with Crippen LogP contribution in [0.1, 0.15) is 25.3 Å². The Labute approximate surface area is 152 Å². The fourth-order valence-electron chi connectivity index (χ4n) is 3.55. The molecule has 0 aromatic heterocycles. The first-order valence-corrected chi connectivity index (χ1v) is 8.81. The summed E-state index contributed by atoms with van der Waals surface area (Å²) in [5.74, 6) is -1.95. The third-order valence-corrected chi connectivity index (χ3v) is 5.01. The molecule has 1 fully saturated rings. The van der Waals surface area contributed by atoms with Crippen LogP contribution in [0, 0.1) is 11.8 Å². The summed E-state index contributed by atoms with van der Waals surface area (Å²) in [6.07, 6.45) is 5.26. The molecular weight excluding hydrogens is 332 g/mol. The number of likely N-dealkylation sites (tertiary alicyclic amines) is 1. The Morgan fingerprint density at radius 2 is 1.65 bits per heavy atom. The zero-order chi connectivity index (χ0) is 18.7. The molecule has 1 N–H and O–H groups in total. The summed E-state index contributed by atoms with van der Waals surface area (Å²) < 4.78 is 0. The highest BCUT2D eigenvalue weighted by atomic mass is 16.2. The molecule has 1 aliphatic heterocycles. The maximum Gasteiger partial charge on any atom is 0.240 e. The molecule has 6 nitrogen and oxygen atoms in total. The molecule has 1 aromatic carbocycles. The van der Waals surface area contributed by atoms with E-state index >= 15 is 0 Å². The van der Waals surface area contributed by atoms with Crippen molar-refractivity contribution in [2.24, 2.45) is 11.8 Å². The van der Waals surface area contributed by atoms with Crippen LogP contribution < -0.4 is 5.32 Å². The van der Waals surface area contributed by atoms with Gasteiger partial charge in [0.2, 0.25) is 17.7 Å². The van der Waals surface area contributed by atoms with E-state index in [1.54, 1.807) is 0 Å². The van der Waals surface area contributed by atoms with Crippen molar-refractivity contribution in [2.75, 3.05) is 6.54 Å². The number of carbonyl (C=O) groups is 4. The Bertz CT molecular complexity index is 730. The van der Waals surface area contributed by atoms with Crippen molar-refractivity contribution in [1.82, 2.24) is 10.2 Å². The van der Waals surface area contributed by atoms with E-state index in [2.05, 4.69) is 5.32 Å². The summed E-state index contributed by atoms with van der Waals surface area (Å²) in [5, 5.41) is 2.66. The predicted molar refractivity (Wildman–Crippen MR) is 94.8 cm³/mol. The minimum Gasteiger partial charge on any atom is -0.344 e. The van der Waals surface area contributed by atoms with Gasteiger partial charge in [-0.3, -0.25) is 24.1 Å². The first-order valence-electron chi connectivity index (χ1n) is 8.81. The van der Waals surface area contributed by atoms with Crippen LogP contribution in [0.3, 0.4) is 0 Å². The number of ketones is 1. The van der Waals surface area contributed by atoms with Gasteiger partial charge in [-0.05, 0) is 31.7 Å². The highest BCUT2D eigenvalue weighted by Gasteiger charge is 2.47. The summed E-state index contributed by atoms with van der Waals surface area (Å²) in [5.41, 5.74) is 0.929. The molecule has 3 rings (SSSR count). The van der Waals surface area contributed by atoms with Crippen LogP contribution in [0.5, 0.6) is 0 Å². The van der Waals surface area contributed by atoms with Gasteiger partial charge in [-0.1, -0.05) is 42.5 Å². The largest absolute Gasteiger partial charge is 0.344 e. The fraction of sp³-hybridized carbons (Fsp3) is 0.400. The number of allylic oxidation sites excluding steroid dienone is 2. The molecule has 0 unspecified atom stereocenters. The zero-order valence-corrected chi connectivity index (χ0v) is 14.7. The molecule has 3 atom stereocenters. The summed E-state index contributed by atoms with van der Waals surface area (Å²) in [7, 11) is 0. The number of hydrogen-bond donors (Lipinski definition) is 1. The van der Waals surface area contributed by atoms with Crippen LogP contribution in [-0.4, -0.2) is 41.0 Å². The third kappa shape index (κ3) is 3.74. The number of benzene rings is 1. The van der Waals surface area contributed by atoms with Crippen molar-refractivity contribution < 1.29 is 19.2 Å². The molecule has 3 amide bonds. The van der Waals surface area contributed by atoms with Gasteiger partial charge in [-0.25, -0.2) is 0 Å². The molecule has 0 bridgehead atoms. The lowest BCUT2D eigenvalue weighted by atomic mass is 9.85. The first-order chi connectivity index (χ1) is 12.5. The van der Waals surface area contributed by atoms with Crippen molar-refractivity contribution >= 4 is 23.5 Å². The third-order valence-electron chi connectivity index (χ3n) is 5.01. The van der Waals surface area contributed by atoms with Gasteiger partial charge in [0.25, 0.3) is 0 Å². The number of fused-ring (bicyclic) bond motifs is 1. The Kier molecular flexibility index (Phi) is 5.30. The number of amides is 3. The average Bonchev–Trinajstić information content (AvgIpc) is 2.87. The molecule has 2 aliphatic rings. The molecule has 1 aliphatic carbocycles. The fourth-order valence-corrected chi connectivity index (χ4v) is 3.55. The SMILES string of the molecule is CC(=O)[C@@H](Cc1ccccc1)NC(=O)CN1C(=O)[C@H]2CC=CC[C@H]2C1=O. The van der Waals surface area contributed by atoms with Crippen molar-refractivity contribution in [2.45, 2.75) is 32.2 Å². The van der Waals surface area contributed by atoms with Crippen LogP contribution in [0.4, 0.5) is 0 Å². The number of nitrogens with one attached hydrogen (secondary N) is 1. The number of nitrogens with zero attached hydrogens (tertiary/aromatic N) is 1. The van der Waals surface area contributed by atoms with E-state index < -0.39 is 11.9 Å². The molecule has 0 saturated carbocycles. The van der Waals surface area contributed by atoms with Gasteiger partial charge < -0.3 is 5.32 Å². The van der Waals surface area contributed by atoms with Crippen LogP contribution in [0.25, 0.3) is 0 Å². The molecule has 0 radical (unpaired) electrons. The van der Waals surface area contributed by atoms with Crippen molar-refractivity contribution in [3.63, 3.8) is 0 Å². The maximum absolute atomic E-state index is 12.4. The smallest absolute Gasteiger partial charge is 0.240 e. The molecule has 6 heteroatoms. The van der Waals surface area contributed by atoms with Gasteiger partial charge >= 0.3 is 0 Å². The Morgan fingerprint density at radius 3 is 2.19 bits per heavy atom. The second kappa shape index (κ2) is 7.64. The minimum atomic E-state index is -0.679. The van der Waals surface area contributed by atoms with Crippen molar-refractivity contribution in [1.29, 1.82) is 0 Å². The predicted octanol–water partition coefficient (Wildman–Crippen LogP) is 1.25. The first kappa shape index (κ1) is 18.0. The van der Waals surface area contributed by atoms with Crippen LogP contribution in [-0.2, 0) is 25.6 Å². The van der Waals surface area contributed by atoms with E-state index in [4.69, 9.17) is 0 Å². The van der Waals surface area contributed by atoms with Gasteiger partial charge in [-0.15, -0.1) is 0 Å². The van der Waals surface area contributed by atoms with Gasteiger partial charge in [0.1, 0.15) is 6.54 Å². The highest BCUT2D eigenvalue weighted by molar-refractivity contribution is 6.07. The lowest BCUT2D eigenvalue weighted by molar-refractivity contribution is -0.143. The number of hydrogen-bond acceptors (Lipinski definition) is 4. The zero-order valence-electron chi connectivity index (χ0n) is 14.7. The number of imide groups is 1. The summed E-state index contributed by atoms with van der Waals surface area (Å²) >= 11 is 0. The molecule has 1 saturated heterocycles. The average molecular weight is 354 g/mol. The van der Waals surface area contributed by atoms with E-state index in [0.717, 1.165) is 10.5 Å². The Morgan fingerprint density at radius 1 is 1.08 bits per heavy atom. The van der Waals surface area contributed by atoms with Crippen molar-refractivity contribution in [3.8, 4) is 0 Å². The lowest BCUT2D eigenvalue weighted by Crippen LogP contribution is -2.47. The van der Waals surface area contributed by atoms with E-state index in [-0.39, 0.29) is 36.0 Å². The monoisotopic (exact) mass is 354 g/mol. The Hall–Kier alpha value is -2.76. The molecule has 26 heavy (non-hydrogen) atoms. The van der Waals surface area contributed by atoms with Gasteiger partial charge in [0.15, 0.2) is 5.78 Å². The van der Waals surface area contributed by atoms with Crippen LogP contribution in [0.15, 0.2) is 42.5 Å². The standard InChI is InChI=1S/C20H22N2O4/c1-13(23)17(11-14-7-3-2-4-8-14)21-18(24)12-22-19(25)15-9-5-6-10-16(15)20(22)26/h2-8,15-17H,9-12H2,1H3,(H,21,24)/t15-,16+,17-/m1/s1. The topological polar surface area (TPSA) is 83.6 Å². The number of carbonyl (C=O) groups excluding carboxylic acids is 4. The maximum atomic E-state index is 12.4. The molecule has 136 valence electrons. The van der Waals surface area contributed by atoms with Crippen molar-refractivity contribution in [3.05, 3.63) is 48.0 Å². The minimum absolute atomic E-state index is 0.167. The van der Waals surface area contributed by atoms with Gasteiger partial charge in [-0.2, -0.15) is 0 Å². The molecule has 1 aromatic rings. The summed E-state index contributed by atoms with van der Waals surface area (Å²) in [6, 6.07) is 8.70. The highest BCUT2D eigenvalue weighted by Crippen LogP contribution is 2.34. The van der Waals surface area contributed by atoms with E-state index in [9.17, 15) is 19.2 Å². The van der Waals surface area contributed by atoms with Gasteiger partial charge in [0, 0.05) is 0 Å². The van der Waals surface area contributed by atoms with Gasteiger partial charge in [0.05, 0.1) is 17.9 Å². The van der Waals surface area contributed by atoms with E-state index in [1.165, 1.54) is 6.92 Å². The lowest BCUT2D eigenvalue weighted by Gasteiger charge is -2.19. The summed E-state index contributed by atoms with van der Waals surface area (Å²) in [4.78, 5) is 50.1. The normalized spacial score (nSPS) is 22.9. The molecular formula is C20H22N2O4. The number of rotatable bonds is 6. The molecule has 0 spiro atoms. The quantitative estimate of drug-likeness (QED) is 0.616. The molecule has 1 heterocycles. The van der Waals surface area contributed by atoms with E-state index in [1.807, 2.05) is 42.5 Å². The van der Waals surface area contributed by atoms with Crippen LogP contribution in [0.2, 0.25) is 0 Å². The number of Topliss-reactive ketones (excluding diaryl/α,β-unsaturated/α-hetero) is 1. The second-order valence-corrected chi connectivity index (χ2v) is 6.84. The second-order valence-electron chi connectivity index (χ2n) is 6.84. The summed E-state index contributed by atoms with van der Waals surface area (Å²) in [6.45, 7) is 1.09. The Balaban J connectivity index is 1.63. The van der Waals surface area contributed by atoms with E-state index in [0.29, 0.717) is 19.3 Å².